The molecule has 0 fully saturated rings. The lowest BCUT2D eigenvalue weighted by Gasteiger charge is -2.02. The van der Waals surface area contributed by atoms with E-state index in [4.69, 9.17) is 11.2 Å². The number of carbonyl (C=O) groups excluding carboxylic acids is 2. The van der Waals surface area contributed by atoms with Crippen LogP contribution in [0.2, 0.25) is 0 Å². The average molecular weight is 428 g/mol. The summed E-state index contributed by atoms with van der Waals surface area (Å²) in [5.74, 6) is 1.53. The highest BCUT2D eigenvalue weighted by molar-refractivity contribution is 7.90. The third-order valence-electron chi connectivity index (χ3n) is 4.08. The summed E-state index contributed by atoms with van der Waals surface area (Å²) in [5, 5.41) is 0. The van der Waals surface area contributed by atoms with Gasteiger partial charge in [0, 0.05) is 11.8 Å². The lowest BCUT2D eigenvalue weighted by molar-refractivity contribution is 0.0600. The quantitative estimate of drug-likeness (QED) is 0.469. The average Bonchev–Trinajstić information content (AvgIpc) is 3.03. The van der Waals surface area contributed by atoms with E-state index >= 15 is 0 Å². The van der Waals surface area contributed by atoms with Crippen molar-refractivity contribution in [3.05, 3.63) is 58.4 Å². The molecule has 0 aliphatic rings. The summed E-state index contributed by atoms with van der Waals surface area (Å²) in [4.78, 5) is 29.0. The van der Waals surface area contributed by atoms with Crippen LogP contribution in [0.1, 0.15) is 20.7 Å². The fourth-order valence-electron chi connectivity index (χ4n) is 2.64. The largest absolute Gasteiger partial charge is 0.465 e. The van der Waals surface area contributed by atoms with Crippen LogP contribution in [0.3, 0.4) is 0 Å². The minimum Gasteiger partial charge on any atom is -0.465 e. The number of thiazole rings is 1. The minimum atomic E-state index is -3.35. The lowest BCUT2D eigenvalue weighted by atomic mass is 10.2. The molecule has 0 saturated heterocycles. The molecule has 0 saturated carbocycles. The van der Waals surface area contributed by atoms with Gasteiger partial charge in [-0.3, -0.25) is 4.79 Å². The third-order valence-corrected chi connectivity index (χ3v) is 6.25. The molecule has 3 rings (SSSR count). The fourth-order valence-corrected chi connectivity index (χ4v) is 4.34. The Morgan fingerprint density at radius 2 is 1.83 bits per heavy atom. The topological polar surface area (TPSA) is 94.8 Å². The highest BCUT2D eigenvalue weighted by Crippen LogP contribution is 2.20. The standard InChI is InChI=1S/C20H16N2O5S2/c1-4-11-22-16-10-7-14(19(24)27-2)12-17(16)28-20(22)21-18(23)13-5-8-15(9-6-13)29(3,25)26/h1,5-10,12H,11H2,2-3H3. The Morgan fingerprint density at radius 3 is 2.41 bits per heavy atom. The van der Waals surface area contributed by atoms with Gasteiger partial charge in [0.15, 0.2) is 14.6 Å². The van der Waals surface area contributed by atoms with Crippen LogP contribution in [0.25, 0.3) is 10.2 Å². The van der Waals surface area contributed by atoms with Gasteiger partial charge in [-0.25, -0.2) is 13.2 Å². The third kappa shape index (κ3) is 4.29. The van der Waals surface area contributed by atoms with Crippen molar-refractivity contribution in [2.75, 3.05) is 13.4 Å². The SMILES string of the molecule is C#CCn1c(=NC(=O)c2ccc(S(C)(=O)=O)cc2)sc2cc(C(=O)OC)ccc21. The van der Waals surface area contributed by atoms with Crippen LogP contribution in [-0.2, 0) is 21.1 Å². The number of carbonyl (C=O) groups is 2. The van der Waals surface area contributed by atoms with E-state index in [2.05, 4.69) is 10.9 Å². The highest BCUT2D eigenvalue weighted by Gasteiger charge is 2.13. The number of fused-ring (bicyclic) bond motifs is 1. The second kappa shape index (κ2) is 8.03. The number of nitrogens with zero attached hydrogens (tertiary/aromatic N) is 2. The van der Waals surface area contributed by atoms with Crippen LogP contribution in [0.4, 0.5) is 0 Å². The molecule has 9 heteroatoms. The van der Waals surface area contributed by atoms with Gasteiger partial charge in [-0.05, 0) is 42.5 Å². The number of hydrogen-bond donors (Lipinski definition) is 0. The number of esters is 1. The summed E-state index contributed by atoms with van der Waals surface area (Å²) >= 11 is 1.21. The molecule has 0 bridgehead atoms. The number of ether oxygens (including phenoxy) is 1. The monoisotopic (exact) mass is 428 g/mol. The molecular weight excluding hydrogens is 412 g/mol. The van der Waals surface area contributed by atoms with Crippen LogP contribution in [0.15, 0.2) is 52.4 Å². The van der Waals surface area contributed by atoms with Gasteiger partial charge in [-0.15, -0.1) is 6.42 Å². The van der Waals surface area contributed by atoms with Gasteiger partial charge in [0.25, 0.3) is 5.91 Å². The van der Waals surface area contributed by atoms with E-state index in [0.29, 0.717) is 10.4 Å². The Hall–Kier alpha value is -3.22. The van der Waals surface area contributed by atoms with Crippen LogP contribution in [-0.4, -0.2) is 38.2 Å². The highest BCUT2D eigenvalue weighted by atomic mass is 32.2. The second-order valence-corrected chi connectivity index (χ2v) is 9.09. The molecule has 1 aromatic heterocycles. The van der Waals surface area contributed by atoms with Crippen LogP contribution in [0, 0.1) is 12.3 Å². The number of terminal acetylenes is 1. The first kappa shape index (κ1) is 20.5. The Labute approximate surface area is 171 Å². The number of sulfone groups is 1. The molecule has 0 aliphatic heterocycles. The Balaban J connectivity index is 2.08. The molecule has 7 nitrogen and oxygen atoms in total. The van der Waals surface area contributed by atoms with Gasteiger partial charge in [0.1, 0.15) is 0 Å². The van der Waals surface area contributed by atoms with Crippen molar-refractivity contribution in [1.29, 1.82) is 0 Å². The molecule has 0 unspecified atom stereocenters. The van der Waals surface area contributed by atoms with Crippen LogP contribution >= 0.6 is 11.3 Å². The zero-order valence-corrected chi connectivity index (χ0v) is 17.2. The summed E-state index contributed by atoms with van der Waals surface area (Å²) in [7, 11) is -2.05. The molecular formula is C20H16N2O5S2. The predicted molar refractivity (Wildman–Crippen MR) is 109 cm³/mol. The molecule has 3 aromatic rings. The molecule has 2 aromatic carbocycles. The van der Waals surface area contributed by atoms with Crippen molar-refractivity contribution >= 4 is 43.3 Å². The summed E-state index contributed by atoms with van der Waals surface area (Å²) in [6.45, 7) is 0.191. The first-order chi connectivity index (χ1) is 13.7. The Kier molecular flexibility index (Phi) is 5.68. The van der Waals surface area contributed by atoms with Crippen molar-refractivity contribution in [3.8, 4) is 12.3 Å². The van der Waals surface area contributed by atoms with E-state index in [1.54, 1.807) is 22.8 Å². The molecule has 0 N–H and O–H groups in total. The summed E-state index contributed by atoms with van der Waals surface area (Å²) in [6, 6.07) is 10.5. The van der Waals surface area contributed by atoms with Gasteiger partial charge in [0.2, 0.25) is 0 Å². The zero-order chi connectivity index (χ0) is 21.2. The molecule has 1 heterocycles. The molecule has 148 valence electrons. The molecule has 29 heavy (non-hydrogen) atoms. The second-order valence-electron chi connectivity index (χ2n) is 6.06. The number of hydrogen-bond acceptors (Lipinski definition) is 6. The van der Waals surface area contributed by atoms with Crippen molar-refractivity contribution in [2.24, 2.45) is 4.99 Å². The lowest BCUT2D eigenvalue weighted by Crippen LogP contribution is -2.16. The summed E-state index contributed by atoms with van der Waals surface area (Å²) in [5.41, 5.74) is 1.36. The van der Waals surface area contributed by atoms with Gasteiger partial charge in [-0.2, -0.15) is 4.99 Å². The van der Waals surface area contributed by atoms with E-state index in [1.165, 1.54) is 42.7 Å². The van der Waals surface area contributed by atoms with Crippen molar-refractivity contribution in [2.45, 2.75) is 11.4 Å². The maximum Gasteiger partial charge on any atom is 0.337 e. The van der Waals surface area contributed by atoms with Gasteiger partial charge < -0.3 is 9.30 Å². The fraction of sp³-hybridized carbons (Fsp3) is 0.150. The van der Waals surface area contributed by atoms with Crippen LogP contribution < -0.4 is 4.80 Å². The maximum absolute atomic E-state index is 12.6. The van der Waals surface area contributed by atoms with Gasteiger partial charge in [0.05, 0.1) is 34.3 Å². The first-order valence-corrected chi connectivity index (χ1v) is 11.0. The first-order valence-electron chi connectivity index (χ1n) is 8.29. The normalized spacial score (nSPS) is 12.0. The Bertz CT molecular complexity index is 1320. The van der Waals surface area contributed by atoms with Gasteiger partial charge >= 0.3 is 5.97 Å². The van der Waals surface area contributed by atoms with Gasteiger partial charge in [-0.1, -0.05) is 17.3 Å². The Morgan fingerprint density at radius 1 is 1.17 bits per heavy atom. The van der Waals surface area contributed by atoms with E-state index in [0.717, 1.165) is 16.5 Å². The molecule has 1 amide bonds. The predicted octanol–water partition coefficient (Wildman–Crippen LogP) is 2.27. The molecule has 0 aliphatic carbocycles. The molecule has 0 radical (unpaired) electrons. The molecule has 0 spiro atoms. The minimum absolute atomic E-state index is 0.119. The van der Waals surface area contributed by atoms with E-state index in [9.17, 15) is 18.0 Å². The number of amides is 1. The van der Waals surface area contributed by atoms with E-state index in [1.807, 2.05) is 0 Å². The summed E-state index contributed by atoms with van der Waals surface area (Å²) < 4.78 is 30.3. The molecule has 0 atom stereocenters. The van der Waals surface area contributed by atoms with Crippen molar-refractivity contribution in [3.63, 3.8) is 0 Å². The van der Waals surface area contributed by atoms with Crippen LogP contribution in [0.5, 0.6) is 0 Å². The van der Waals surface area contributed by atoms with E-state index in [-0.39, 0.29) is 17.0 Å². The van der Waals surface area contributed by atoms with Crippen molar-refractivity contribution in [1.82, 2.24) is 4.57 Å². The smallest absolute Gasteiger partial charge is 0.337 e. The number of benzene rings is 2. The number of rotatable bonds is 4. The number of aromatic nitrogens is 1. The number of methoxy groups -OCH3 is 1. The van der Waals surface area contributed by atoms with E-state index < -0.39 is 21.7 Å². The zero-order valence-electron chi connectivity index (χ0n) is 15.6. The summed E-state index contributed by atoms with van der Waals surface area (Å²) in [6.07, 6.45) is 6.55. The van der Waals surface area contributed by atoms with Crippen molar-refractivity contribution < 1.29 is 22.7 Å². The maximum atomic E-state index is 12.6.